The molecule has 3 fully saturated rings. The minimum absolute atomic E-state index is 0.0228. The lowest BCUT2D eigenvalue weighted by molar-refractivity contribution is 0.00578. The van der Waals surface area contributed by atoms with Gasteiger partial charge in [0.2, 0.25) is 20.0 Å². The van der Waals surface area contributed by atoms with Crippen LogP contribution in [0.1, 0.15) is 125 Å². The average Bonchev–Trinajstić information content (AvgIpc) is 3.51. The molecule has 0 amide bonds. The fourth-order valence-corrected chi connectivity index (χ4v) is 10.1. The number of aliphatic imine (C=N–C) groups is 2. The van der Waals surface area contributed by atoms with Gasteiger partial charge in [-0.15, -0.1) is 0 Å². The summed E-state index contributed by atoms with van der Waals surface area (Å²) >= 11 is 3.16. The van der Waals surface area contributed by atoms with Crippen LogP contribution in [0.2, 0.25) is 5.82 Å². The van der Waals surface area contributed by atoms with Crippen LogP contribution in [0.25, 0.3) is 0 Å². The molecular weight excluding hydrogens is 925 g/mol. The Morgan fingerprint density at radius 1 is 0.581 bits per heavy atom. The Kier molecular flexibility index (Phi) is 16.4. The van der Waals surface area contributed by atoms with Gasteiger partial charge in [0, 0.05) is 23.4 Å². The van der Waals surface area contributed by atoms with Gasteiger partial charge in [0.1, 0.15) is 21.2 Å². The van der Waals surface area contributed by atoms with Gasteiger partial charge >= 0.3 is 21.1 Å². The van der Waals surface area contributed by atoms with E-state index < -0.39 is 103 Å². The quantitative estimate of drug-likeness (QED) is 0.145. The van der Waals surface area contributed by atoms with Crippen LogP contribution in [0.4, 0.5) is 17.6 Å². The van der Waals surface area contributed by atoms with Crippen LogP contribution in [0.15, 0.2) is 31.9 Å². The first-order valence-electron chi connectivity index (χ1n) is 20.3. The number of dihydropyridines is 2. The summed E-state index contributed by atoms with van der Waals surface area (Å²) in [5.74, 6) is -0.579. The van der Waals surface area contributed by atoms with Gasteiger partial charge in [-0.25, -0.2) is 43.8 Å². The second-order valence-electron chi connectivity index (χ2n) is 20.9. The molecule has 5 rings (SSSR count). The van der Waals surface area contributed by atoms with Crippen molar-refractivity contribution in [2.75, 3.05) is 13.1 Å². The number of hydrogen-bond acceptors (Lipinski definition) is 12. The summed E-state index contributed by atoms with van der Waals surface area (Å²) in [4.78, 5) is 6.16. The lowest BCUT2D eigenvalue weighted by Crippen LogP contribution is -2.44. The zero-order chi connectivity index (χ0) is 48.3. The molecule has 0 spiro atoms. The van der Waals surface area contributed by atoms with Crippen molar-refractivity contribution in [3.63, 3.8) is 0 Å². The molecule has 5 aliphatic heterocycles. The maximum Gasteiger partial charge on any atom is 0.488 e. The first-order chi connectivity index (χ1) is 27.5. The maximum absolute atomic E-state index is 13.4. The summed E-state index contributed by atoms with van der Waals surface area (Å²) in [5.41, 5.74) is -5.62. The molecular formula is C38H66B3BrF4N4O10S2. The summed E-state index contributed by atoms with van der Waals surface area (Å²) in [6, 6.07) is 0. The van der Waals surface area contributed by atoms with Gasteiger partial charge in [-0.2, -0.15) is 0 Å². The second kappa shape index (κ2) is 18.5. The monoisotopic (exact) mass is 990 g/mol. The molecule has 354 valence electrons. The summed E-state index contributed by atoms with van der Waals surface area (Å²) in [5, 5.41) is 0. The summed E-state index contributed by atoms with van der Waals surface area (Å²) in [7, 11) is -9.88. The molecule has 2 N–H and O–H groups in total. The molecule has 0 aromatic rings. The number of nitrogens with one attached hydrogen (secondary N) is 2. The maximum atomic E-state index is 13.4. The van der Waals surface area contributed by atoms with Crippen molar-refractivity contribution >= 4 is 68.5 Å². The van der Waals surface area contributed by atoms with Gasteiger partial charge in [-0.1, -0.05) is 22.0 Å². The molecule has 0 bridgehead atoms. The van der Waals surface area contributed by atoms with Crippen molar-refractivity contribution in [2.45, 2.75) is 193 Å². The average molecular weight is 991 g/mol. The molecule has 5 aliphatic rings. The topological polar surface area (TPSA) is 172 Å². The molecule has 0 aromatic heterocycles. The Labute approximate surface area is 376 Å². The first-order valence-corrected chi connectivity index (χ1v) is 24.2. The molecule has 2 atom stereocenters. The van der Waals surface area contributed by atoms with E-state index in [4.69, 9.17) is 27.9 Å². The fraction of sp³-hybridized carbons (Fsp3) is 0.842. The van der Waals surface area contributed by atoms with Crippen LogP contribution >= 0.6 is 15.9 Å². The van der Waals surface area contributed by atoms with Crippen molar-refractivity contribution in [1.82, 2.24) is 9.44 Å². The molecule has 3 saturated heterocycles. The van der Waals surface area contributed by atoms with Crippen LogP contribution in [-0.4, -0.2) is 125 Å². The second-order valence-corrected chi connectivity index (χ2v) is 25.4. The highest BCUT2D eigenvalue weighted by atomic mass is 79.9. The van der Waals surface area contributed by atoms with Gasteiger partial charge in [0.15, 0.2) is 0 Å². The molecule has 24 heteroatoms. The Bertz CT molecular complexity index is 1920. The normalized spacial score (nSPS) is 26.6. The number of rotatable bonds is 8. The van der Waals surface area contributed by atoms with Gasteiger partial charge in [-0.3, -0.25) is 9.98 Å². The van der Waals surface area contributed by atoms with Crippen molar-refractivity contribution in [3.05, 3.63) is 22.0 Å². The van der Waals surface area contributed by atoms with Crippen molar-refractivity contribution in [1.29, 1.82) is 0 Å². The third-order valence-corrected chi connectivity index (χ3v) is 15.5. The van der Waals surface area contributed by atoms with Crippen LogP contribution in [0.3, 0.4) is 0 Å². The minimum Gasteiger partial charge on any atom is -0.405 e. The third-order valence-electron chi connectivity index (χ3n) is 11.4. The zero-order valence-electron chi connectivity index (χ0n) is 39.3. The van der Waals surface area contributed by atoms with E-state index in [1.807, 2.05) is 83.1 Å². The lowest BCUT2D eigenvalue weighted by atomic mass is 9.49. The Hall–Kier alpha value is -1.21. The van der Waals surface area contributed by atoms with E-state index >= 15 is 0 Å². The predicted octanol–water partition coefficient (Wildman–Crippen LogP) is 7.09. The number of sulfonamides is 2. The molecule has 0 radical (unpaired) electrons. The van der Waals surface area contributed by atoms with Crippen LogP contribution in [-0.2, 0) is 48.0 Å². The molecule has 14 nitrogen and oxygen atoms in total. The number of alkyl halides is 5. The van der Waals surface area contributed by atoms with E-state index in [1.54, 1.807) is 41.5 Å². The predicted molar refractivity (Wildman–Crippen MR) is 241 cm³/mol. The summed E-state index contributed by atoms with van der Waals surface area (Å²) < 4.78 is 142. The highest BCUT2D eigenvalue weighted by Gasteiger charge is 2.64. The van der Waals surface area contributed by atoms with Crippen molar-refractivity contribution < 1.29 is 62.3 Å². The highest BCUT2D eigenvalue weighted by Crippen LogP contribution is 2.44. The number of halogens is 5. The van der Waals surface area contributed by atoms with Crippen LogP contribution < -0.4 is 9.44 Å². The van der Waals surface area contributed by atoms with E-state index in [-0.39, 0.29) is 40.3 Å². The van der Waals surface area contributed by atoms with E-state index in [1.165, 1.54) is 12.2 Å². The SMILES string of the molecule is CC(C)(C)NS(=O)(=O)C1=CC(B2OC(C)(C)C(C)(C)O2)CN=C1C(F)F.CC(C)(C)NS(=O)(=O)C1=CC(Br)CN=C1C(F)F.CC1(C)OB(B2OC(C)(C)C(C)(C)O2)OC1(C)C. The molecule has 0 aromatic carbocycles. The van der Waals surface area contributed by atoms with Gasteiger partial charge in [0.05, 0.1) is 45.0 Å². The van der Waals surface area contributed by atoms with Crippen molar-refractivity contribution in [3.8, 4) is 0 Å². The largest absolute Gasteiger partial charge is 0.488 e. The molecule has 62 heavy (non-hydrogen) atoms. The van der Waals surface area contributed by atoms with E-state index in [0.29, 0.717) is 0 Å². The minimum atomic E-state index is -4.17. The van der Waals surface area contributed by atoms with E-state index in [9.17, 15) is 34.4 Å². The van der Waals surface area contributed by atoms with Crippen LogP contribution in [0, 0.1) is 0 Å². The number of hydrogen-bond donors (Lipinski definition) is 2. The van der Waals surface area contributed by atoms with Gasteiger partial charge in [0.25, 0.3) is 12.9 Å². The Morgan fingerprint density at radius 2 is 0.871 bits per heavy atom. The summed E-state index contributed by atoms with van der Waals surface area (Å²) in [6.45, 7) is 33.6. The molecule has 5 heterocycles. The van der Waals surface area contributed by atoms with Gasteiger partial charge in [-0.05, 0) is 131 Å². The van der Waals surface area contributed by atoms with Gasteiger partial charge < -0.3 is 27.9 Å². The first kappa shape index (κ1) is 55.1. The lowest BCUT2D eigenvalue weighted by Gasteiger charge is -2.32. The number of nitrogens with zero attached hydrogens (tertiary/aromatic N) is 2. The molecule has 0 saturated carbocycles. The standard InChI is InChI=1S/C16H27BF2N2O4S.C12H24B2O4.C10H15BrF2N2O2S/c1-14(2,3)21-26(22,23)11-8-10(9-20-12(11)13(18)19)17-24-15(4,5)16(6,7)25-17;1-9(2)10(3,4)16-13(15-9)14-17-11(5,6)12(7,8)18-14;1-10(2,3)15-18(16,17)7-4-6(11)5-14-8(7)9(12)13/h8,10,13,21H,9H2,1-7H3;1-8H3;4,6,9,15H,5H2,1-3H3. The van der Waals surface area contributed by atoms with E-state index in [2.05, 4.69) is 35.4 Å². The highest BCUT2D eigenvalue weighted by molar-refractivity contribution is 9.09. The van der Waals surface area contributed by atoms with Crippen LogP contribution in [0.5, 0.6) is 0 Å². The smallest absolute Gasteiger partial charge is 0.405 e. The molecule has 2 unspecified atom stereocenters. The fourth-order valence-electron chi connectivity index (χ4n) is 6.13. The number of allylic oxidation sites excluding steroid dienone is 2. The van der Waals surface area contributed by atoms with E-state index in [0.717, 1.165) is 0 Å². The Morgan fingerprint density at radius 3 is 1.18 bits per heavy atom. The zero-order valence-corrected chi connectivity index (χ0v) is 42.5. The third kappa shape index (κ3) is 13.2. The Balaban J connectivity index is 0.000000255. The molecule has 0 aliphatic carbocycles. The van der Waals surface area contributed by atoms with Crippen molar-refractivity contribution in [2.24, 2.45) is 9.98 Å². The summed E-state index contributed by atoms with van der Waals surface area (Å²) in [6.07, 6.45) is -3.36.